The van der Waals surface area contributed by atoms with E-state index in [0.29, 0.717) is 12.5 Å². The molecule has 3 N–H and O–H groups in total. The van der Waals surface area contributed by atoms with Gasteiger partial charge < -0.3 is 10.1 Å². The summed E-state index contributed by atoms with van der Waals surface area (Å²) in [5, 5.41) is 8.04. The molecule has 0 unspecified atom stereocenters. The van der Waals surface area contributed by atoms with E-state index in [1.165, 1.54) is 12.1 Å². The van der Waals surface area contributed by atoms with Crippen molar-refractivity contribution >= 4 is 11.9 Å². The molecule has 1 atom stereocenters. The minimum Gasteiger partial charge on any atom is -0.435 e. The summed E-state index contributed by atoms with van der Waals surface area (Å²) in [6.45, 7) is 1.58. The molecule has 0 saturated carbocycles. The highest BCUT2D eigenvalue weighted by Crippen LogP contribution is 2.24. The maximum Gasteiger partial charge on any atom is 0.387 e. The van der Waals surface area contributed by atoms with Gasteiger partial charge in [0.15, 0.2) is 0 Å². The van der Waals surface area contributed by atoms with Crippen LogP contribution in [0, 0.1) is 5.92 Å². The molecule has 0 spiro atoms. The first-order chi connectivity index (χ1) is 14.3. The van der Waals surface area contributed by atoms with Gasteiger partial charge in [0.25, 0.3) is 0 Å². The second kappa shape index (κ2) is 11.9. The van der Waals surface area contributed by atoms with E-state index < -0.39 is 18.5 Å². The number of benzene rings is 2. The average molecular weight is 419 g/mol. The fourth-order valence-corrected chi connectivity index (χ4v) is 2.80. The van der Waals surface area contributed by atoms with Gasteiger partial charge in [-0.3, -0.25) is 15.4 Å². The van der Waals surface area contributed by atoms with Crippen LogP contribution in [0.15, 0.2) is 54.6 Å². The average Bonchev–Trinajstić information content (AvgIpc) is 2.69. The molecule has 0 bridgehead atoms. The molecule has 0 aliphatic rings. The first-order valence-electron chi connectivity index (χ1n) is 9.76. The van der Waals surface area contributed by atoms with Crippen LogP contribution in [0.4, 0.5) is 13.6 Å². The lowest BCUT2D eigenvalue weighted by molar-refractivity contribution is -0.119. The molecule has 2 rings (SSSR count). The number of nitrogens with one attached hydrogen (secondary N) is 3. The molecule has 2 aromatic rings. The van der Waals surface area contributed by atoms with Crippen LogP contribution in [-0.2, 0) is 4.79 Å². The summed E-state index contributed by atoms with van der Waals surface area (Å²) in [6, 6.07) is 14.7. The highest BCUT2D eigenvalue weighted by molar-refractivity contribution is 5.95. The van der Waals surface area contributed by atoms with Gasteiger partial charge in [-0.1, -0.05) is 56.3 Å². The van der Waals surface area contributed by atoms with Crippen LogP contribution in [0.25, 0.3) is 0 Å². The quantitative estimate of drug-likeness (QED) is 0.547. The molecule has 0 saturated heterocycles. The van der Waals surface area contributed by atoms with Crippen molar-refractivity contribution in [3.63, 3.8) is 0 Å². The summed E-state index contributed by atoms with van der Waals surface area (Å²) in [6.07, 6.45) is 0.821. The SMILES string of the molecule is CC(C)CCNC(=O)NC(=O)CN[C@H](c1ccccc1)c1ccc(OC(F)F)cc1. The van der Waals surface area contributed by atoms with Crippen LogP contribution >= 0.6 is 0 Å². The topological polar surface area (TPSA) is 79.5 Å². The number of carbonyl (C=O) groups is 2. The maximum absolute atomic E-state index is 12.4. The summed E-state index contributed by atoms with van der Waals surface area (Å²) in [5.74, 6) is 0.0267. The Bertz CT molecular complexity index is 799. The number of hydrogen-bond acceptors (Lipinski definition) is 4. The normalized spacial score (nSPS) is 11.9. The predicted octanol–water partition coefficient (Wildman–Crippen LogP) is 3.84. The van der Waals surface area contributed by atoms with Crippen molar-refractivity contribution < 1.29 is 23.1 Å². The monoisotopic (exact) mass is 419 g/mol. The minimum absolute atomic E-state index is 0.0522. The van der Waals surface area contributed by atoms with E-state index in [0.717, 1.165) is 17.5 Å². The number of imide groups is 1. The number of ether oxygens (including phenoxy) is 1. The summed E-state index contributed by atoms with van der Waals surface area (Å²) >= 11 is 0. The molecule has 0 aliphatic carbocycles. The molecular formula is C22H27F2N3O3. The van der Waals surface area contributed by atoms with Gasteiger partial charge in [0.05, 0.1) is 12.6 Å². The summed E-state index contributed by atoms with van der Waals surface area (Å²) in [5.41, 5.74) is 1.64. The molecule has 0 heterocycles. The standard InChI is InChI=1S/C22H27F2N3O3/c1-15(2)12-13-25-22(29)27-19(28)14-26-20(16-6-4-3-5-7-16)17-8-10-18(11-9-17)30-21(23)24/h3-11,15,20-21,26H,12-14H2,1-2H3,(H2,25,27,28,29)/t20-/m1/s1. The first-order valence-corrected chi connectivity index (χ1v) is 9.76. The zero-order chi connectivity index (χ0) is 21.9. The fraction of sp³-hybridized carbons (Fsp3) is 0.364. The number of urea groups is 1. The van der Waals surface area contributed by atoms with Gasteiger partial charge >= 0.3 is 12.6 Å². The Morgan fingerprint density at radius 1 is 0.967 bits per heavy atom. The lowest BCUT2D eigenvalue weighted by Gasteiger charge is -2.20. The van der Waals surface area contributed by atoms with Crippen molar-refractivity contribution in [3.05, 3.63) is 65.7 Å². The Morgan fingerprint density at radius 2 is 1.60 bits per heavy atom. The molecule has 8 heteroatoms. The van der Waals surface area contributed by atoms with Gasteiger partial charge in [-0.25, -0.2) is 4.79 Å². The van der Waals surface area contributed by atoms with E-state index >= 15 is 0 Å². The minimum atomic E-state index is -2.89. The highest BCUT2D eigenvalue weighted by Gasteiger charge is 2.16. The lowest BCUT2D eigenvalue weighted by atomic mass is 9.98. The van der Waals surface area contributed by atoms with E-state index in [2.05, 4.69) is 20.7 Å². The van der Waals surface area contributed by atoms with Crippen molar-refractivity contribution in [1.82, 2.24) is 16.0 Å². The van der Waals surface area contributed by atoms with Crippen LogP contribution in [0.5, 0.6) is 5.75 Å². The molecule has 6 nitrogen and oxygen atoms in total. The lowest BCUT2D eigenvalue weighted by Crippen LogP contribution is -2.44. The van der Waals surface area contributed by atoms with Crippen LogP contribution < -0.4 is 20.7 Å². The summed E-state index contributed by atoms with van der Waals surface area (Å²) in [7, 11) is 0. The summed E-state index contributed by atoms with van der Waals surface area (Å²) in [4.78, 5) is 24.0. The molecule has 3 amide bonds. The third kappa shape index (κ3) is 8.16. The number of alkyl halides is 2. The number of amides is 3. The van der Waals surface area contributed by atoms with Crippen molar-refractivity contribution in [3.8, 4) is 5.75 Å². The van der Waals surface area contributed by atoms with Crippen molar-refractivity contribution in [2.24, 2.45) is 5.92 Å². The number of rotatable bonds is 10. The summed E-state index contributed by atoms with van der Waals surface area (Å²) < 4.78 is 29.1. The highest BCUT2D eigenvalue weighted by atomic mass is 19.3. The largest absolute Gasteiger partial charge is 0.435 e. The van der Waals surface area contributed by atoms with Gasteiger partial charge in [0.1, 0.15) is 5.75 Å². The van der Waals surface area contributed by atoms with Crippen LogP contribution in [0.1, 0.15) is 37.4 Å². The third-order valence-electron chi connectivity index (χ3n) is 4.30. The van der Waals surface area contributed by atoms with Gasteiger partial charge in [-0.2, -0.15) is 8.78 Å². The van der Waals surface area contributed by atoms with Crippen LogP contribution in [0.2, 0.25) is 0 Å². The number of halogens is 2. The number of carbonyl (C=O) groups excluding carboxylic acids is 2. The Kier molecular flexibility index (Phi) is 9.21. The molecule has 30 heavy (non-hydrogen) atoms. The van der Waals surface area contributed by atoms with Gasteiger partial charge in [-0.05, 0) is 35.6 Å². The van der Waals surface area contributed by atoms with E-state index in [-0.39, 0.29) is 18.3 Å². The smallest absolute Gasteiger partial charge is 0.387 e. The molecule has 2 aromatic carbocycles. The van der Waals surface area contributed by atoms with E-state index in [4.69, 9.17) is 0 Å². The van der Waals surface area contributed by atoms with E-state index in [9.17, 15) is 18.4 Å². The zero-order valence-electron chi connectivity index (χ0n) is 17.0. The fourth-order valence-electron chi connectivity index (χ4n) is 2.80. The first kappa shape index (κ1) is 23.3. The molecule has 0 radical (unpaired) electrons. The Balaban J connectivity index is 1.99. The molecular weight excluding hydrogens is 392 g/mol. The van der Waals surface area contributed by atoms with Gasteiger partial charge in [-0.15, -0.1) is 0 Å². The van der Waals surface area contributed by atoms with E-state index in [1.54, 1.807) is 12.1 Å². The van der Waals surface area contributed by atoms with Gasteiger partial charge in [0, 0.05) is 6.54 Å². The molecule has 0 aromatic heterocycles. The van der Waals surface area contributed by atoms with E-state index in [1.807, 2.05) is 44.2 Å². The third-order valence-corrected chi connectivity index (χ3v) is 4.30. The predicted molar refractivity (Wildman–Crippen MR) is 110 cm³/mol. The second-order valence-corrected chi connectivity index (χ2v) is 7.16. The molecule has 0 aliphatic heterocycles. The van der Waals surface area contributed by atoms with Crippen LogP contribution in [0.3, 0.4) is 0 Å². The van der Waals surface area contributed by atoms with Crippen molar-refractivity contribution in [2.75, 3.05) is 13.1 Å². The number of hydrogen-bond donors (Lipinski definition) is 3. The van der Waals surface area contributed by atoms with Crippen molar-refractivity contribution in [1.29, 1.82) is 0 Å². The van der Waals surface area contributed by atoms with Crippen LogP contribution in [-0.4, -0.2) is 31.6 Å². The molecule has 0 fully saturated rings. The van der Waals surface area contributed by atoms with Gasteiger partial charge in [0.2, 0.25) is 5.91 Å². The Hall–Kier alpha value is -3.00. The second-order valence-electron chi connectivity index (χ2n) is 7.16. The Morgan fingerprint density at radius 3 is 2.20 bits per heavy atom. The Labute approximate surface area is 175 Å². The maximum atomic E-state index is 12.4. The zero-order valence-corrected chi connectivity index (χ0v) is 17.0. The molecule has 162 valence electrons. The van der Waals surface area contributed by atoms with Crippen molar-refractivity contribution in [2.45, 2.75) is 32.9 Å².